The van der Waals surface area contributed by atoms with Crippen molar-refractivity contribution in [2.75, 3.05) is 11.8 Å². The standard InChI is InChI=1S/C12H11BrN2O4S2/c1-7-5-8(6-14-11(7)13)15-21(17,18)9-3-4-20-10(9)12(16)19-2/h3-6,15H,1-2H3. The molecule has 0 aliphatic carbocycles. The number of pyridine rings is 1. The average molecular weight is 391 g/mol. The normalized spacial score (nSPS) is 11.2. The Labute approximate surface area is 134 Å². The van der Waals surface area contributed by atoms with Gasteiger partial charge in [-0.15, -0.1) is 11.3 Å². The average Bonchev–Trinajstić information content (AvgIpc) is 2.92. The van der Waals surface area contributed by atoms with Gasteiger partial charge in [-0.25, -0.2) is 18.2 Å². The number of esters is 1. The van der Waals surface area contributed by atoms with Crippen LogP contribution in [0.1, 0.15) is 15.2 Å². The molecule has 112 valence electrons. The van der Waals surface area contributed by atoms with Crippen molar-refractivity contribution in [3.63, 3.8) is 0 Å². The number of hydrogen-bond acceptors (Lipinski definition) is 6. The van der Waals surface area contributed by atoms with Crippen LogP contribution in [0.3, 0.4) is 0 Å². The molecule has 6 nitrogen and oxygen atoms in total. The second-order valence-electron chi connectivity index (χ2n) is 4.04. The molecule has 0 saturated carbocycles. The molecule has 1 N–H and O–H groups in total. The van der Waals surface area contributed by atoms with Gasteiger partial charge in [-0.1, -0.05) is 0 Å². The third kappa shape index (κ3) is 3.42. The number of carbonyl (C=O) groups is 1. The molecule has 0 fully saturated rings. The van der Waals surface area contributed by atoms with Crippen LogP contribution in [-0.2, 0) is 14.8 Å². The first kappa shape index (κ1) is 15.9. The molecule has 0 amide bonds. The lowest BCUT2D eigenvalue weighted by Gasteiger charge is -2.09. The van der Waals surface area contributed by atoms with Gasteiger partial charge in [-0.05, 0) is 45.9 Å². The number of carbonyl (C=O) groups excluding carboxylic acids is 1. The molecule has 2 aromatic heterocycles. The van der Waals surface area contributed by atoms with Gasteiger partial charge in [0.05, 0.1) is 19.0 Å². The van der Waals surface area contributed by atoms with E-state index in [1.54, 1.807) is 13.0 Å². The van der Waals surface area contributed by atoms with Crippen LogP contribution < -0.4 is 4.72 Å². The Morgan fingerprint density at radius 2 is 2.19 bits per heavy atom. The van der Waals surface area contributed by atoms with E-state index >= 15 is 0 Å². The number of thiophene rings is 1. The van der Waals surface area contributed by atoms with E-state index < -0.39 is 16.0 Å². The van der Waals surface area contributed by atoms with Gasteiger partial charge in [0.15, 0.2) is 0 Å². The zero-order chi connectivity index (χ0) is 15.6. The predicted octanol–water partition coefficient (Wildman–Crippen LogP) is 2.80. The molecule has 0 saturated heterocycles. The lowest BCUT2D eigenvalue weighted by molar-refractivity contribution is 0.0602. The van der Waals surface area contributed by atoms with Crippen LogP contribution in [0.4, 0.5) is 5.69 Å². The molecular formula is C12H11BrN2O4S2. The Morgan fingerprint density at radius 1 is 1.48 bits per heavy atom. The van der Waals surface area contributed by atoms with Crippen LogP contribution in [0.5, 0.6) is 0 Å². The smallest absolute Gasteiger partial charge is 0.349 e. The van der Waals surface area contributed by atoms with Crippen LogP contribution in [0.25, 0.3) is 0 Å². The molecule has 0 bridgehead atoms. The number of sulfonamides is 1. The maximum atomic E-state index is 12.3. The van der Waals surface area contributed by atoms with E-state index in [0.717, 1.165) is 16.9 Å². The van der Waals surface area contributed by atoms with Gasteiger partial charge in [-0.3, -0.25) is 4.72 Å². The summed E-state index contributed by atoms with van der Waals surface area (Å²) in [5.41, 5.74) is 1.10. The Hall–Kier alpha value is -1.45. The number of anilines is 1. The third-order valence-electron chi connectivity index (χ3n) is 2.56. The Kier molecular flexibility index (Phi) is 4.64. The van der Waals surface area contributed by atoms with E-state index in [9.17, 15) is 13.2 Å². The molecule has 21 heavy (non-hydrogen) atoms. The van der Waals surface area contributed by atoms with E-state index in [-0.39, 0.29) is 9.77 Å². The summed E-state index contributed by atoms with van der Waals surface area (Å²) in [4.78, 5) is 15.5. The minimum Gasteiger partial charge on any atom is -0.465 e. The zero-order valence-corrected chi connectivity index (χ0v) is 14.3. The molecule has 0 spiro atoms. The Bertz CT molecular complexity index is 786. The highest BCUT2D eigenvalue weighted by Gasteiger charge is 2.24. The summed E-state index contributed by atoms with van der Waals surface area (Å²) in [6.45, 7) is 1.79. The molecule has 0 unspecified atom stereocenters. The molecule has 0 aliphatic heterocycles. The number of ether oxygens (including phenoxy) is 1. The second-order valence-corrected chi connectivity index (χ2v) is 7.36. The third-order valence-corrected chi connectivity index (χ3v) is 5.83. The lowest BCUT2D eigenvalue weighted by atomic mass is 10.3. The minimum atomic E-state index is -3.88. The van der Waals surface area contributed by atoms with Gasteiger partial charge in [0.25, 0.3) is 10.0 Å². The minimum absolute atomic E-state index is 0.0341. The molecule has 9 heteroatoms. The van der Waals surface area contributed by atoms with E-state index in [1.807, 2.05) is 0 Å². The van der Waals surface area contributed by atoms with Gasteiger partial charge in [-0.2, -0.15) is 0 Å². The monoisotopic (exact) mass is 390 g/mol. The fraction of sp³-hybridized carbons (Fsp3) is 0.167. The number of nitrogens with one attached hydrogen (secondary N) is 1. The first-order valence-corrected chi connectivity index (χ1v) is 8.81. The highest BCUT2D eigenvalue weighted by atomic mass is 79.9. The summed E-state index contributed by atoms with van der Waals surface area (Å²) < 4.78 is 32.3. The molecule has 0 atom stereocenters. The first-order valence-electron chi connectivity index (χ1n) is 5.66. The summed E-state index contributed by atoms with van der Waals surface area (Å²) in [6, 6.07) is 3.00. The number of nitrogens with zero attached hydrogens (tertiary/aromatic N) is 1. The second kappa shape index (κ2) is 6.12. The zero-order valence-electron chi connectivity index (χ0n) is 11.1. The molecule has 0 radical (unpaired) electrons. The quantitative estimate of drug-likeness (QED) is 0.640. The maximum Gasteiger partial charge on any atom is 0.349 e. The largest absolute Gasteiger partial charge is 0.465 e. The van der Waals surface area contributed by atoms with Gasteiger partial charge < -0.3 is 4.74 Å². The molecule has 0 aliphatic rings. The topological polar surface area (TPSA) is 85.4 Å². The van der Waals surface area contributed by atoms with Crippen LogP contribution >= 0.6 is 27.3 Å². The Morgan fingerprint density at radius 3 is 2.81 bits per heavy atom. The summed E-state index contributed by atoms with van der Waals surface area (Å²) >= 11 is 4.25. The van der Waals surface area contributed by atoms with Crippen molar-refractivity contribution in [2.45, 2.75) is 11.8 Å². The van der Waals surface area contributed by atoms with Crippen LogP contribution in [0.2, 0.25) is 0 Å². The number of methoxy groups -OCH3 is 1. The number of aryl methyl sites for hydroxylation is 1. The number of aromatic nitrogens is 1. The van der Waals surface area contributed by atoms with E-state index in [0.29, 0.717) is 10.3 Å². The molecular weight excluding hydrogens is 380 g/mol. The summed E-state index contributed by atoms with van der Waals surface area (Å²) in [6.07, 6.45) is 1.39. The maximum absolute atomic E-state index is 12.3. The van der Waals surface area contributed by atoms with Crippen molar-refractivity contribution >= 4 is 48.9 Å². The highest BCUT2D eigenvalue weighted by Crippen LogP contribution is 2.26. The van der Waals surface area contributed by atoms with Crippen molar-refractivity contribution in [2.24, 2.45) is 0 Å². The molecule has 2 rings (SSSR count). The van der Waals surface area contributed by atoms with Crippen molar-refractivity contribution in [1.29, 1.82) is 0 Å². The molecule has 0 aromatic carbocycles. The summed E-state index contributed by atoms with van der Waals surface area (Å²) in [7, 11) is -2.68. The van der Waals surface area contributed by atoms with Crippen LogP contribution in [0, 0.1) is 6.92 Å². The summed E-state index contributed by atoms with van der Waals surface area (Å²) in [5, 5.41) is 1.52. The first-order chi connectivity index (χ1) is 9.85. The Balaban J connectivity index is 2.37. The van der Waals surface area contributed by atoms with Gasteiger partial charge >= 0.3 is 5.97 Å². The van der Waals surface area contributed by atoms with Crippen LogP contribution in [-0.4, -0.2) is 26.5 Å². The predicted molar refractivity (Wildman–Crippen MR) is 83.1 cm³/mol. The van der Waals surface area contributed by atoms with E-state index in [2.05, 4.69) is 30.4 Å². The van der Waals surface area contributed by atoms with Crippen molar-refractivity contribution in [3.05, 3.63) is 38.8 Å². The van der Waals surface area contributed by atoms with E-state index in [4.69, 9.17) is 0 Å². The molecule has 2 heterocycles. The summed E-state index contributed by atoms with van der Waals surface area (Å²) in [5.74, 6) is -0.685. The SMILES string of the molecule is COC(=O)c1sccc1S(=O)(=O)Nc1cnc(Br)c(C)c1. The number of hydrogen-bond donors (Lipinski definition) is 1. The number of halogens is 1. The van der Waals surface area contributed by atoms with Gasteiger partial charge in [0, 0.05) is 0 Å². The van der Waals surface area contributed by atoms with Crippen molar-refractivity contribution in [3.8, 4) is 0 Å². The van der Waals surface area contributed by atoms with E-state index in [1.165, 1.54) is 24.8 Å². The molecule has 2 aromatic rings. The fourth-order valence-corrected chi connectivity index (χ4v) is 4.16. The van der Waals surface area contributed by atoms with Crippen LogP contribution in [0.15, 0.2) is 33.2 Å². The van der Waals surface area contributed by atoms with Gasteiger partial charge in [0.2, 0.25) is 0 Å². The lowest BCUT2D eigenvalue weighted by Crippen LogP contribution is -2.16. The highest BCUT2D eigenvalue weighted by molar-refractivity contribution is 9.10. The van der Waals surface area contributed by atoms with Crippen molar-refractivity contribution < 1.29 is 17.9 Å². The fourth-order valence-electron chi connectivity index (χ4n) is 1.57. The number of rotatable bonds is 4. The van der Waals surface area contributed by atoms with Gasteiger partial charge in [0.1, 0.15) is 14.4 Å². The van der Waals surface area contributed by atoms with Crippen molar-refractivity contribution in [1.82, 2.24) is 4.98 Å².